The minimum atomic E-state index is -0.776. The number of amides is 2. The van der Waals surface area contributed by atoms with E-state index in [0.29, 0.717) is 17.7 Å². The standard InChI is InChI=1S/C30H32FN3O3/c1-19-13-14-24(31)15-23(19)18-33-29(36)27-16-22-11-7-8-12-26(22)34(27)30(37)25(17-28(35)20(2)32-3)21-9-5-4-6-10-21/h4-15,20,25,27,32H,16-18H2,1-3H3,(H,33,36)/t20-,25-,27-/m0/s1. The van der Waals surface area contributed by atoms with Gasteiger partial charge in [-0.15, -0.1) is 0 Å². The fraction of sp³-hybridized carbons (Fsp3) is 0.300. The molecule has 0 spiro atoms. The fourth-order valence-corrected chi connectivity index (χ4v) is 4.74. The highest BCUT2D eigenvalue weighted by molar-refractivity contribution is 6.07. The predicted molar refractivity (Wildman–Crippen MR) is 142 cm³/mol. The Kier molecular flexibility index (Phi) is 8.14. The number of carbonyl (C=O) groups is 3. The molecule has 3 aromatic carbocycles. The number of fused-ring (bicyclic) bond motifs is 1. The van der Waals surface area contributed by atoms with E-state index in [1.807, 2.05) is 61.5 Å². The number of rotatable bonds is 9. The van der Waals surface area contributed by atoms with Gasteiger partial charge in [0.1, 0.15) is 11.9 Å². The zero-order chi connectivity index (χ0) is 26.5. The second-order valence-corrected chi connectivity index (χ2v) is 9.49. The van der Waals surface area contributed by atoms with E-state index in [9.17, 15) is 18.8 Å². The van der Waals surface area contributed by atoms with E-state index in [1.54, 1.807) is 20.0 Å². The zero-order valence-electron chi connectivity index (χ0n) is 21.3. The van der Waals surface area contributed by atoms with Gasteiger partial charge in [-0.3, -0.25) is 19.3 Å². The molecule has 3 atom stereocenters. The number of carbonyl (C=O) groups excluding carboxylic acids is 3. The van der Waals surface area contributed by atoms with Crippen LogP contribution in [-0.4, -0.2) is 36.7 Å². The van der Waals surface area contributed by atoms with Gasteiger partial charge in [-0.25, -0.2) is 4.39 Å². The van der Waals surface area contributed by atoms with Gasteiger partial charge in [0.15, 0.2) is 5.78 Å². The van der Waals surface area contributed by atoms with Crippen LogP contribution in [0.5, 0.6) is 0 Å². The third kappa shape index (κ3) is 5.78. The van der Waals surface area contributed by atoms with Crippen molar-refractivity contribution in [2.45, 2.75) is 51.2 Å². The Labute approximate surface area is 216 Å². The third-order valence-electron chi connectivity index (χ3n) is 7.10. The molecule has 0 saturated carbocycles. The number of halogens is 1. The Bertz CT molecular complexity index is 1290. The summed E-state index contributed by atoms with van der Waals surface area (Å²) in [7, 11) is 1.71. The lowest BCUT2D eigenvalue weighted by atomic mass is 9.90. The highest BCUT2D eigenvalue weighted by atomic mass is 19.1. The molecule has 3 aromatic rings. The van der Waals surface area contributed by atoms with Gasteiger partial charge in [-0.2, -0.15) is 0 Å². The summed E-state index contributed by atoms with van der Waals surface area (Å²) >= 11 is 0. The largest absolute Gasteiger partial charge is 0.350 e. The van der Waals surface area contributed by atoms with Crippen molar-refractivity contribution in [3.63, 3.8) is 0 Å². The molecule has 1 heterocycles. The Morgan fingerprint density at radius 2 is 1.73 bits per heavy atom. The van der Waals surface area contributed by atoms with Gasteiger partial charge < -0.3 is 10.6 Å². The van der Waals surface area contributed by atoms with Gasteiger partial charge in [0.25, 0.3) is 0 Å². The number of nitrogens with one attached hydrogen (secondary N) is 2. The molecular formula is C30H32FN3O3. The van der Waals surface area contributed by atoms with Crippen molar-refractivity contribution in [3.8, 4) is 0 Å². The second kappa shape index (κ2) is 11.5. The molecule has 7 heteroatoms. The number of aryl methyl sites for hydroxylation is 1. The predicted octanol–water partition coefficient (Wildman–Crippen LogP) is 4.06. The fourth-order valence-electron chi connectivity index (χ4n) is 4.74. The van der Waals surface area contributed by atoms with Crippen LogP contribution in [0.3, 0.4) is 0 Å². The average Bonchev–Trinajstić information content (AvgIpc) is 3.31. The van der Waals surface area contributed by atoms with Crippen molar-refractivity contribution in [2.75, 3.05) is 11.9 Å². The first kappa shape index (κ1) is 26.2. The minimum absolute atomic E-state index is 0.0142. The third-order valence-corrected chi connectivity index (χ3v) is 7.10. The van der Waals surface area contributed by atoms with E-state index in [2.05, 4.69) is 10.6 Å². The number of ketones is 1. The van der Waals surface area contributed by atoms with E-state index >= 15 is 0 Å². The first-order chi connectivity index (χ1) is 17.8. The highest BCUT2D eigenvalue weighted by Gasteiger charge is 2.41. The molecule has 1 aliphatic heterocycles. The summed E-state index contributed by atoms with van der Waals surface area (Å²) in [6.07, 6.45) is 0.374. The summed E-state index contributed by atoms with van der Waals surface area (Å²) < 4.78 is 13.8. The molecule has 37 heavy (non-hydrogen) atoms. The minimum Gasteiger partial charge on any atom is -0.350 e. The second-order valence-electron chi connectivity index (χ2n) is 9.49. The smallest absolute Gasteiger partial charge is 0.243 e. The number of hydrogen-bond acceptors (Lipinski definition) is 4. The topological polar surface area (TPSA) is 78.5 Å². The number of Topliss-reactive ketones (excluding diaryl/α,β-unsaturated/α-hetero) is 1. The quantitative estimate of drug-likeness (QED) is 0.464. The Balaban J connectivity index is 1.64. The maximum atomic E-state index is 14.2. The van der Waals surface area contributed by atoms with Crippen LogP contribution in [0, 0.1) is 12.7 Å². The molecule has 0 bridgehead atoms. The first-order valence-corrected chi connectivity index (χ1v) is 12.5. The van der Waals surface area contributed by atoms with Gasteiger partial charge in [0, 0.05) is 25.1 Å². The number of para-hydroxylation sites is 1. The highest BCUT2D eigenvalue weighted by Crippen LogP contribution is 2.36. The van der Waals surface area contributed by atoms with E-state index < -0.39 is 18.0 Å². The van der Waals surface area contributed by atoms with Crippen LogP contribution in [0.1, 0.15) is 41.5 Å². The molecule has 0 saturated heterocycles. The number of likely N-dealkylation sites (N-methyl/N-ethyl adjacent to an activating group) is 1. The number of anilines is 1. The van der Waals surface area contributed by atoms with Crippen molar-refractivity contribution < 1.29 is 18.8 Å². The first-order valence-electron chi connectivity index (χ1n) is 12.5. The van der Waals surface area contributed by atoms with Crippen molar-refractivity contribution in [2.24, 2.45) is 0 Å². The van der Waals surface area contributed by atoms with E-state index in [4.69, 9.17) is 0 Å². The van der Waals surface area contributed by atoms with Gasteiger partial charge in [0.2, 0.25) is 11.8 Å². The summed E-state index contributed by atoms with van der Waals surface area (Å²) in [5.74, 6) is -1.81. The molecule has 2 amide bonds. The lowest BCUT2D eigenvalue weighted by molar-refractivity contribution is -0.128. The molecule has 0 unspecified atom stereocenters. The number of nitrogens with zero attached hydrogens (tertiary/aromatic N) is 1. The van der Waals surface area contributed by atoms with Crippen molar-refractivity contribution in [3.05, 3.63) is 101 Å². The molecule has 0 radical (unpaired) electrons. The average molecular weight is 502 g/mol. The maximum Gasteiger partial charge on any atom is 0.243 e. The van der Waals surface area contributed by atoms with Crippen molar-refractivity contribution >= 4 is 23.3 Å². The van der Waals surface area contributed by atoms with Crippen LogP contribution < -0.4 is 15.5 Å². The molecule has 0 aromatic heterocycles. The Morgan fingerprint density at radius 1 is 1.03 bits per heavy atom. The van der Waals surface area contributed by atoms with E-state index in [-0.39, 0.29) is 36.4 Å². The zero-order valence-corrected chi connectivity index (χ0v) is 21.3. The van der Waals surface area contributed by atoms with E-state index in [1.165, 1.54) is 17.0 Å². The molecule has 4 rings (SSSR count). The van der Waals surface area contributed by atoms with Crippen LogP contribution in [-0.2, 0) is 27.3 Å². The maximum absolute atomic E-state index is 14.2. The van der Waals surface area contributed by atoms with Crippen LogP contribution >= 0.6 is 0 Å². The lowest BCUT2D eigenvalue weighted by Gasteiger charge is -2.29. The van der Waals surface area contributed by atoms with Crippen LogP contribution in [0.2, 0.25) is 0 Å². The SMILES string of the molecule is CN[C@@H](C)C(=O)C[C@H](C(=O)N1c2ccccc2C[C@H]1C(=O)NCc1cc(F)ccc1C)c1ccccc1. The Hall–Kier alpha value is -3.84. The molecule has 2 N–H and O–H groups in total. The van der Waals surface area contributed by atoms with Crippen molar-refractivity contribution in [1.29, 1.82) is 0 Å². The molecule has 6 nitrogen and oxygen atoms in total. The van der Waals surface area contributed by atoms with Crippen LogP contribution in [0.4, 0.5) is 10.1 Å². The van der Waals surface area contributed by atoms with Crippen LogP contribution in [0.15, 0.2) is 72.8 Å². The normalized spacial score (nSPS) is 16.1. The van der Waals surface area contributed by atoms with E-state index in [0.717, 1.165) is 16.7 Å². The van der Waals surface area contributed by atoms with Crippen LogP contribution in [0.25, 0.3) is 0 Å². The molecule has 0 aliphatic carbocycles. The lowest BCUT2D eigenvalue weighted by Crippen LogP contribution is -2.50. The van der Waals surface area contributed by atoms with Gasteiger partial charge in [0.05, 0.1) is 12.0 Å². The van der Waals surface area contributed by atoms with Gasteiger partial charge >= 0.3 is 0 Å². The molecule has 1 aliphatic rings. The summed E-state index contributed by atoms with van der Waals surface area (Å²) in [5, 5.41) is 5.85. The Morgan fingerprint density at radius 3 is 2.46 bits per heavy atom. The summed E-state index contributed by atoms with van der Waals surface area (Å²) in [6.45, 7) is 3.78. The number of hydrogen-bond donors (Lipinski definition) is 2. The molecular weight excluding hydrogens is 469 g/mol. The van der Waals surface area contributed by atoms with Crippen molar-refractivity contribution in [1.82, 2.24) is 10.6 Å². The van der Waals surface area contributed by atoms with Gasteiger partial charge in [-0.05, 0) is 61.3 Å². The van der Waals surface area contributed by atoms with Gasteiger partial charge in [-0.1, -0.05) is 54.6 Å². The number of benzene rings is 3. The summed E-state index contributed by atoms with van der Waals surface area (Å²) in [5.41, 5.74) is 3.83. The molecule has 0 fully saturated rings. The molecule has 192 valence electrons. The summed E-state index contributed by atoms with van der Waals surface area (Å²) in [4.78, 5) is 42.1. The summed E-state index contributed by atoms with van der Waals surface area (Å²) in [6, 6.07) is 19.9. The monoisotopic (exact) mass is 501 g/mol.